The monoisotopic (exact) mass is 354 g/mol. The molecule has 1 atom stereocenters. The van der Waals surface area contributed by atoms with Gasteiger partial charge in [-0.3, -0.25) is 9.69 Å². The summed E-state index contributed by atoms with van der Waals surface area (Å²) in [7, 11) is 1.32. The van der Waals surface area contributed by atoms with E-state index in [0.717, 1.165) is 11.1 Å². The van der Waals surface area contributed by atoms with Crippen molar-refractivity contribution < 1.29 is 14.3 Å². The van der Waals surface area contributed by atoms with Crippen LogP contribution in [0.4, 0.5) is 4.79 Å². The number of nitrogens with one attached hydrogen (secondary N) is 1. The van der Waals surface area contributed by atoms with Crippen LogP contribution in [0, 0.1) is 0 Å². The quantitative estimate of drug-likeness (QED) is 0.885. The van der Waals surface area contributed by atoms with Gasteiger partial charge in [-0.25, -0.2) is 4.79 Å². The van der Waals surface area contributed by atoms with Crippen LogP contribution in [0.1, 0.15) is 37.9 Å². The maximum Gasteiger partial charge on any atom is 0.410 e. The molecule has 2 aromatic carbocycles. The first-order valence-corrected chi connectivity index (χ1v) is 8.57. The smallest absolute Gasteiger partial charge is 0.410 e. The van der Waals surface area contributed by atoms with E-state index < -0.39 is 17.7 Å². The van der Waals surface area contributed by atoms with Crippen LogP contribution in [0.15, 0.2) is 60.7 Å². The van der Waals surface area contributed by atoms with E-state index in [4.69, 9.17) is 4.74 Å². The molecule has 0 aliphatic heterocycles. The second kappa shape index (κ2) is 8.52. The molecule has 0 aromatic heterocycles. The van der Waals surface area contributed by atoms with Crippen molar-refractivity contribution in [2.45, 2.75) is 38.9 Å². The Balaban J connectivity index is 2.43. The van der Waals surface area contributed by atoms with Gasteiger partial charge in [-0.1, -0.05) is 60.7 Å². The minimum absolute atomic E-state index is 0.245. The first kappa shape index (κ1) is 19.5. The summed E-state index contributed by atoms with van der Waals surface area (Å²) in [5, 5.41) is 2.97. The number of carbonyl (C=O) groups excluding carboxylic acids is 2. The molecule has 26 heavy (non-hydrogen) atoms. The fourth-order valence-electron chi connectivity index (χ4n) is 2.70. The summed E-state index contributed by atoms with van der Waals surface area (Å²) in [6.45, 7) is 6.00. The predicted octanol–water partition coefficient (Wildman–Crippen LogP) is 3.91. The van der Waals surface area contributed by atoms with E-state index in [1.807, 2.05) is 81.4 Å². The van der Waals surface area contributed by atoms with Gasteiger partial charge in [-0.15, -0.1) is 0 Å². The van der Waals surface area contributed by atoms with Gasteiger partial charge in [-0.2, -0.15) is 0 Å². The molecule has 138 valence electrons. The standard InChI is InChI=1S/C21H26N2O3/c1-21(2,3)22-19(24)18(17-13-9-6-10-14-17)23(20(25)26-4)15-16-11-7-5-8-12-16/h5-14,18H,15H2,1-4H3,(H,22,24)/t18-/m1/s1. The van der Waals surface area contributed by atoms with Crippen molar-refractivity contribution in [3.05, 3.63) is 71.8 Å². The summed E-state index contributed by atoms with van der Waals surface area (Å²) in [5.74, 6) is -0.245. The summed E-state index contributed by atoms with van der Waals surface area (Å²) in [6, 6.07) is 18.0. The Labute approximate surface area is 155 Å². The van der Waals surface area contributed by atoms with Gasteiger partial charge < -0.3 is 10.1 Å². The van der Waals surface area contributed by atoms with Crippen molar-refractivity contribution in [3.8, 4) is 0 Å². The highest BCUT2D eigenvalue weighted by molar-refractivity contribution is 5.87. The lowest BCUT2D eigenvalue weighted by atomic mass is 10.0. The highest BCUT2D eigenvalue weighted by Crippen LogP contribution is 2.25. The molecule has 0 bridgehead atoms. The second-order valence-electron chi connectivity index (χ2n) is 7.14. The zero-order valence-electron chi connectivity index (χ0n) is 15.7. The highest BCUT2D eigenvalue weighted by atomic mass is 16.5. The molecule has 1 N–H and O–H groups in total. The molecule has 0 unspecified atom stereocenters. The van der Waals surface area contributed by atoms with Crippen molar-refractivity contribution in [2.75, 3.05) is 7.11 Å². The molecule has 0 saturated heterocycles. The van der Waals surface area contributed by atoms with Crippen molar-refractivity contribution in [1.29, 1.82) is 0 Å². The fourth-order valence-corrected chi connectivity index (χ4v) is 2.70. The molecule has 0 saturated carbocycles. The molecule has 0 aliphatic carbocycles. The Morgan fingerprint density at radius 3 is 2.04 bits per heavy atom. The van der Waals surface area contributed by atoms with Crippen LogP contribution in [0.2, 0.25) is 0 Å². The van der Waals surface area contributed by atoms with Crippen LogP contribution < -0.4 is 5.32 Å². The van der Waals surface area contributed by atoms with Gasteiger partial charge in [0.15, 0.2) is 0 Å². The van der Waals surface area contributed by atoms with Gasteiger partial charge in [0.2, 0.25) is 5.91 Å². The Bertz CT molecular complexity index is 724. The normalized spacial score (nSPS) is 12.2. The molecule has 0 radical (unpaired) electrons. The molecule has 2 rings (SSSR count). The fraction of sp³-hybridized carbons (Fsp3) is 0.333. The van der Waals surface area contributed by atoms with Gasteiger partial charge in [0.25, 0.3) is 0 Å². The molecule has 2 amide bonds. The van der Waals surface area contributed by atoms with Gasteiger partial charge in [0.1, 0.15) is 6.04 Å². The van der Waals surface area contributed by atoms with Crippen molar-refractivity contribution in [1.82, 2.24) is 10.2 Å². The molecular formula is C21H26N2O3. The Morgan fingerprint density at radius 1 is 1.00 bits per heavy atom. The van der Waals surface area contributed by atoms with E-state index in [1.165, 1.54) is 12.0 Å². The van der Waals surface area contributed by atoms with Gasteiger partial charge in [-0.05, 0) is 31.9 Å². The van der Waals surface area contributed by atoms with E-state index in [-0.39, 0.29) is 12.5 Å². The Hall–Kier alpha value is -2.82. The molecule has 2 aromatic rings. The average Bonchev–Trinajstić information content (AvgIpc) is 2.61. The van der Waals surface area contributed by atoms with Crippen molar-refractivity contribution in [2.24, 2.45) is 0 Å². The van der Waals surface area contributed by atoms with E-state index >= 15 is 0 Å². The molecule has 0 spiro atoms. The van der Waals surface area contributed by atoms with Gasteiger partial charge in [0, 0.05) is 5.54 Å². The number of nitrogens with zero attached hydrogens (tertiary/aromatic N) is 1. The molecule has 5 heteroatoms. The summed E-state index contributed by atoms with van der Waals surface area (Å²) < 4.78 is 4.97. The SMILES string of the molecule is COC(=O)N(Cc1ccccc1)[C@@H](C(=O)NC(C)(C)C)c1ccccc1. The van der Waals surface area contributed by atoms with Crippen molar-refractivity contribution in [3.63, 3.8) is 0 Å². The summed E-state index contributed by atoms with van der Waals surface area (Å²) in [5.41, 5.74) is 1.23. The van der Waals surface area contributed by atoms with Gasteiger partial charge in [0.05, 0.1) is 13.7 Å². The zero-order valence-corrected chi connectivity index (χ0v) is 15.7. The summed E-state index contributed by atoms with van der Waals surface area (Å²) in [6.07, 6.45) is -0.549. The van der Waals surface area contributed by atoms with E-state index in [1.54, 1.807) is 0 Å². The lowest BCUT2D eigenvalue weighted by Crippen LogP contribution is -2.49. The minimum atomic E-state index is -0.789. The topological polar surface area (TPSA) is 58.6 Å². The van der Waals surface area contributed by atoms with Crippen LogP contribution in [0.25, 0.3) is 0 Å². The second-order valence-corrected chi connectivity index (χ2v) is 7.14. The van der Waals surface area contributed by atoms with Gasteiger partial charge >= 0.3 is 6.09 Å². The number of ether oxygens (including phenoxy) is 1. The van der Waals surface area contributed by atoms with E-state index in [9.17, 15) is 9.59 Å². The predicted molar refractivity (Wildman–Crippen MR) is 101 cm³/mol. The molecule has 5 nitrogen and oxygen atoms in total. The number of hydrogen-bond donors (Lipinski definition) is 1. The maximum atomic E-state index is 13.1. The highest BCUT2D eigenvalue weighted by Gasteiger charge is 2.33. The van der Waals surface area contributed by atoms with E-state index in [0.29, 0.717) is 0 Å². The average molecular weight is 354 g/mol. The zero-order chi connectivity index (χ0) is 19.2. The number of amides is 2. The van der Waals surface area contributed by atoms with E-state index in [2.05, 4.69) is 5.32 Å². The molecule has 0 heterocycles. The molecular weight excluding hydrogens is 328 g/mol. The number of benzene rings is 2. The van der Waals surface area contributed by atoms with Crippen LogP contribution >= 0.6 is 0 Å². The Kier molecular flexibility index (Phi) is 6.39. The van der Waals surface area contributed by atoms with Crippen LogP contribution in [0.3, 0.4) is 0 Å². The number of rotatable bonds is 5. The lowest BCUT2D eigenvalue weighted by molar-refractivity contribution is -0.127. The first-order chi connectivity index (χ1) is 12.3. The molecule has 0 aliphatic rings. The number of carbonyl (C=O) groups is 2. The van der Waals surface area contributed by atoms with Crippen LogP contribution in [-0.4, -0.2) is 29.5 Å². The minimum Gasteiger partial charge on any atom is -0.453 e. The third-order valence-corrected chi connectivity index (χ3v) is 3.78. The van der Waals surface area contributed by atoms with Crippen LogP contribution in [0.5, 0.6) is 0 Å². The summed E-state index contributed by atoms with van der Waals surface area (Å²) >= 11 is 0. The number of hydrogen-bond acceptors (Lipinski definition) is 3. The Morgan fingerprint density at radius 2 is 1.54 bits per heavy atom. The lowest BCUT2D eigenvalue weighted by Gasteiger charge is -2.32. The maximum absolute atomic E-state index is 13.1. The molecule has 0 fully saturated rings. The largest absolute Gasteiger partial charge is 0.453 e. The first-order valence-electron chi connectivity index (χ1n) is 8.57. The van der Waals surface area contributed by atoms with Crippen molar-refractivity contribution >= 4 is 12.0 Å². The summed E-state index contributed by atoms with van der Waals surface area (Å²) in [4.78, 5) is 27.0. The number of methoxy groups -OCH3 is 1. The van der Waals surface area contributed by atoms with Crippen LogP contribution in [-0.2, 0) is 16.1 Å². The third kappa shape index (κ3) is 5.34. The third-order valence-electron chi connectivity index (χ3n) is 3.78.